The van der Waals surface area contributed by atoms with Crippen LogP contribution in [0.2, 0.25) is 0 Å². The summed E-state index contributed by atoms with van der Waals surface area (Å²) in [6.07, 6.45) is -4.51. The Bertz CT molecular complexity index is 672. The first-order valence-electron chi connectivity index (χ1n) is 5.64. The Morgan fingerprint density at radius 2 is 2.14 bits per heavy atom. The largest absolute Gasteiger partial charge is 0.417 e. The van der Waals surface area contributed by atoms with Crippen molar-refractivity contribution >= 4 is 38.9 Å². The molecule has 2 aromatic rings. The van der Waals surface area contributed by atoms with E-state index >= 15 is 0 Å². The number of anilines is 1. The van der Waals surface area contributed by atoms with Crippen LogP contribution in [0.5, 0.6) is 0 Å². The van der Waals surface area contributed by atoms with Gasteiger partial charge < -0.3 is 11.1 Å². The third-order valence-electron chi connectivity index (χ3n) is 2.49. The molecule has 112 valence electrons. The maximum absolute atomic E-state index is 12.8. The van der Waals surface area contributed by atoms with Gasteiger partial charge in [-0.05, 0) is 18.2 Å². The molecule has 0 aliphatic carbocycles. The van der Waals surface area contributed by atoms with Gasteiger partial charge in [0.05, 0.1) is 5.56 Å². The highest BCUT2D eigenvalue weighted by molar-refractivity contribution is 9.10. The summed E-state index contributed by atoms with van der Waals surface area (Å²) in [5, 5.41) is 4.46. The van der Waals surface area contributed by atoms with E-state index in [2.05, 4.69) is 26.2 Å². The zero-order chi connectivity index (χ0) is 15.6. The lowest BCUT2D eigenvalue weighted by Gasteiger charge is -2.11. The van der Waals surface area contributed by atoms with E-state index in [1.54, 1.807) is 0 Å². The first-order chi connectivity index (χ1) is 9.81. The lowest BCUT2D eigenvalue weighted by molar-refractivity contribution is -0.138. The molecule has 0 fully saturated rings. The van der Waals surface area contributed by atoms with Crippen molar-refractivity contribution < 1.29 is 18.0 Å². The zero-order valence-corrected chi connectivity index (χ0v) is 12.8. The van der Waals surface area contributed by atoms with Crippen LogP contribution in [0.1, 0.15) is 21.1 Å². The molecule has 9 heteroatoms. The minimum Gasteiger partial charge on any atom is -0.325 e. The van der Waals surface area contributed by atoms with Crippen LogP contribution >= 0.6 is 27.3 Å². The fourth-order valence-corrected chi connectivity index (χ4v) is 2.65. The van der Waals surface area contributed by atoms with Gasteiger partial charge in [0.15, 0.2) is 0 Å². The molecular weight excluding hydrogens is 371 g/mol. The second-order valence-corrected chi connectivity index (χ2v) is 5.77. The Morgan fingerprint density at radius 1 is 1.43 bits per heavy atom. The highest BCUT2D eigenvalue weighted by atomic mass is 79.9. The summed E-state index contributed by atoms with van der Waals surface area (Å²) in [7, 11) is 0. The van der Waals surface area contributed by atoms with Gasteiger partial charge in [0.25, 0.3) is 5.91 Å². The number of hydrogen-bond donors (Lipinski definition) is 2. The topological polar surface area (TPSA) is 68.0 Å². The SMILES string of the molecule is NCc1nc(C(=O)Nc2ccc(Br)c(C(F)(F)F)c2)cs1. The third-order valence-corrected chi connectivity index (χ3v) is 4.05. The summed E-state index contributed by atoms with van der Waals surface area (Å²) in [5.41, 5.74) is 4.69. The molecular formula is C12H9BrF3N3OS. The van der Waals surface area contributed by atoms with E-state index in [0.717, 1.165) is 6.07 Å². The quantitative estimate of drug-likeness (QED) is 0.855. The maximum Gasteiger partial charge on any atom is 0.417 e. The number of alkyl halides is 3. The average molecular weight is 380 g/mol. The Kier molecular flexibility index (Phi) is 4.64. The standard InChI is InChI=1S/C12H9BrF3N3OS/c13-8-2-1-6(3-7(8)12(14,15)16)18-11(20)9-5-21-10(4-17)19-9/h1-3,5H,4,17H2,(H,18,20). The molecule has 2 rings (SSSR count). The van der Waals surface area contributed by atoms with Crippen LogP contribution in [0.15, 0.2) is 28.1 Å². The Balaban J connectivity index is 2.21. The fraction of sp³-hybridized carbons (Fsp3) is 0.167. The summed E-state index contributed by atoms with van der Waals surface area (Å²) in [4.78, 5) is 15.9. The average Bonchev–Trinajstić information content (AvgIpc) is 2.88. The summed E-state index contributed by atoms with van der Waals surface area (Å²) in [6, 6.07) is 3.45. The summed E-state index contributed by atoms with van der Waals surface area (Å²) >= 11 is 4.05. The normalized spacial score (nSPS) is 11.5. The van der Waals surface area contributed by atoms with Gasteiger partial charge in [0.1, 0.15) is 10.7 Å². The number of halogens is 4. The highest BCUT2D eigenvalue weighted by Gasteiger charge is 2.33. The Hall–Kier alpha value is -1.45. The minimum absolute atomic E-state index is 0.0397. The second kappa shape index (κ2) is 6.12. The van der Waals surface area contributed by atoms with E-state index in [-0.39, 0.29) is 22.4 Å². The number of thiazole rings is 1. The number of carbonyl (C=O) groups excluding carboxylic acids is 1. The van der Waals surface area contributed by atoms with Gasteiger partial charge >= 0.3 is 6.18 Å². The number of hydrogen-bond acceptors (Lipinski definition) is 4. The number of nitrogens with one attached hydrogen (secondary N) is 1. The molecule has 0 bridgehead atoms. The van der Waals surface area contributed by atoms with Crippen molar-refractivity contribution in [3.05, 3.63) is 44.3 Å². The van der Waals surface area contributed by atoms with Gasteiger partial charge in [-0.1, -0.05) is 15.9 Å². The van der Waals surface area contributed by atoms with Crippen molar-refractivity contribution in [3.8, 4) is 0 Å². The van der Waals surface area contributed by atoms with Gasteiger partial charge in [-0.2, -0.15) is 13.2 Å². The first-order valence-corrected chi connectivity index (χ1v) is 7.31. The smallest absolute Gasteiger partial charge is 0.325 e. The molecule has 0 atom stereocenters. The number of aromatic nitrogens is 1. The Labute approximate surface area is 130 Å². The number of benzene rings is 1. The number of nitrogens with two attached hydrogens (primary N) is 1. The van der Waals surface area contributed by atoms with Crippen LogP contribution in [-0.4, -0.2) is 10.9 Å². The lowest BCUT2D eigenvalue weighted by Crippen LogP contribution is -2.14. The molecule has 3 N–H and O–H groups in total. The van der Waals surface area contributed by atoms with Crippen molar-refractivity contribution in [2.45, 2.75) is 12.7 Å². The molecule has 0 spiro atoms. The number of rotatable bonds is 3. The molecule has 21 heavy (non-hydrogen) atoms. The highest BCUT2D eigenvalue weighted by Crippen LogP contribution is 2.36. The third kappa shape index (κ3) is 3.80. The van der Waals surface area contributed by atoms with Crippen LogP contribution in [0.25, 0.3) is 0 Å². The van der Waals surface area contributed by atoms with Crippen LogP contribution in [0, 0.1) is 0 Å². The molecule has 1 aromatic carbocycles. The van der Waals surface area contributed by atoms with Gasteiger partial charge in [-0.25, -0.2) is 4.98 Å². The molecule has 0 saturated heterocycles. The van der Waals surface area contributed by atoms with E-state index in [9.17, 15) is 18.0 Å². The maximum atomic E-state index is 12.8. The van der Waals surface area contributed by atoms with Crippen molar-refractivity contribution in [1.82, 2.24) is 4.98 Å². The number of carbonyl (C=O) groups is 1. The minimum atomic E-state index is -4.51. The lowest BCUT2D eigenvalue weighted by atomic mass is 10.2. The van der Waals surface area contributed by atoms with Crippen LogP contribution < -0.4 is 11.1 Å². The molecule has 4 nitrogen and oxygen atoms in total. The van der Waals surface area contributed by atoms with Crippen molar-refractivity contribution in [1.29, 1.82) is 0 Å². The van der Waals surface area contributed by atoms with Crippen LogP contribution in [0.4, 0.5) is 18.9 Å². The predicted molar refractivity (Wildman–Crippen MR) is 77.1 cm³/mol. The van der Waals surface area contributed by atoms with E-state index in [0.29, 0.717) is 5.01 Å². The summed E-state index contributed by atoms with van der Waals surface area (Å²) in [5.74, 6) is -0.582. The van der Waals surface area contributed by atoms with E-state index < -0.39 is 17.6 Å². The number of nitrogens with zero attached hydrogens (tertiary/aromatic N) is 1. The first kappa shape index (κ1) is 15.9. The summed E-state index contributed by atoms with van der Waals surface area (Å²) < 4.78 is 38.2. The van der Waals surface area contributed by atoms with Crippen LogP contribution in [-0.2, 0) is 12.7 Å². The van der Waals surface area contributed by atoms with E-state index in [4.69, 9.17) is 5.73 Å². The molecule has 0 aliphatic heterocycles. The van der Waals surface area contributed by atoms with E-state index in [1.165, 1.54) is 28.8 Å². The summed E-state index contributed by atoms with van der Waals surface area (Å²) in [6.45, 7) is 0.203. The zero-order valence-electron chi connectivity index (χ0n) is 10.4. The van der Waals surface area contributed by atoms with Crippen molar-refractivity contribution in [2.24, 2.45) is 5.73 Å². The van der Waals surface area contributed by atoms with Crippen molar-refractivity contribution in [2.75, 3.05) is 5.32 Å². The molecule has 1 amide bonds. The van der Waals surface area contributed by atoms with Crippen molar-refractivity contribution in [3.63, 3.8) is 0 Å². The van der Waals surface area contributed by atoms with Gasteiger partial charge in [-0.3, -0.25) is 4.79 Å². The second-order valence-electron chi connectivity index (χ2n) is 3.98. The van der Waals surface area contributed by atoms with Crippen LogP contribution in [0.3, 0.4) is 0 Å². The molecule has 0 unspecified atom stereocenters. The molecule has 0 aliphatic rings. The molecule has 0 radical (unpaired) electrons. The molecule has 1 aromatic heterocycles. The predicted octanol–water partition coefficient (Wildman–Crippen LogP) is 3.64. The Morgan fingerprint density at radius 3 is 2.71 bits per heavy atom. The van der Waals surface area contributed by atoms with Gasteiger partial charge in [-0.15, -0.1) is 11.3 Å². The molecule has 0 saturated carbocycles. The van der Waals surface area contributed by atoms with Gasteiger partial charge in [0, 0.05) is 22.1 Å². The monoisotopic (exact) mass is 379 g/mol. The number of amides is 1. The van der Waals surface area contributed by atoms with Gasteiger partial charge in [0.2, 0.25) is 0 Å². The molecule has 1 heterocycles. The van der Waals surface area contributed by atoms with E-state index in [1.807, 2.05) is 0 Å². The fourth-order valence-electron chi connectivity index (χ4n) is 1.52.